The molecule has 1 aliphatic rings. The zero-order valence-corrected chi connectivity index (χ0v) is 13.1. The Labute approximate surface area is 129 Å². The quantitative estimate of drug-likeness (QED) is 0.944. The number of aromatic nitrogens is 1. The van der Waals surface area contributed by atoms with Crippen molar-refractivity contribution in [2.75, 3.05) is 11.6 Å². The molecular weight excluding hydrogens is 308 g/mol. The van der Waals surface area contributed by atoms with Gasteiger partial charge in [0, 0.05) is 17.3 Å². The topological polar surface area (TPSA) is 59.1 Å². The van der Waals surface area contributed by atoms with E-state index in [4.69, 9.17) is 11.6 Å². The van der Waals surface area contributed by atoms with E-state index in [2.05, 4.69) is 16.4 Å². The van der Waals surface area contributed by atoms with Crippen LogP contribution in [0.4, 0.5) is 5.69 Å². The Morgan fingerprint density at radius 2 is 1.95 bits per heavy atom. The molecule has 3 rings (SSSR count). The fourth-order valence-corrected chi connectivity index (χ4v) is 3.36. The number of rotatable bonds is 3. The molecular formula is C15H15ClN2O2S. The second kappa shape index (κ2) is 5.31. The first-order chi connectivity index (χ1) is 9.91. The number of anilines is 1. The van der Waals surface area contributed by atoms with E-state index in [1.54, 1.807) is 12.3 Å². The lowest BCUT2D eigenvalue weighted by atomic mass is 10.1. The van der Waals surface area contributed by atoms with Crippen molar-refractivity contribution in [3.8, 4) is 0 Å². The Kier molecular flexibility index (Phi) is 3.63. The summed E-state index contributed by atoms with van der Waals surface area (Å²) in [7, 11) is -3.25. The van der Waals surface area contributed by atoms with Gasteiger partial charge in [-0.2, -0.15) is 0 Å². The number of benzene rings is 1. The molecule has 1 heterocycles. The van der Waals surface area contributed by atoms with Crippen molar-refractivity contribution in [1.29, 1.82) is 0 Å². The van der Waals surface area contributed by atoms with Gasteiger partial charge in [0.15, 0.2) is 14.9 Å². The summed E-state index contributed by atoms with van der Waals surface area (Å²) in [5.74, 6) is 0. The van der Waals surface area contributed by atoms with Crippen molar-refractivity contribution < 1.29 is 8.42 Å². The molecule has 110 valence electrons. The van der Waals surface area contributed by atoms with E-state index in [-0.39, 0.29) is 11.1 Å². The minimum absolute atomic E-state index is 0.0922. The van der Waals surface area contributed by atoms with Crippen molar-refractivity contribution >= 4 is 27.1 Å². The summed E-state index contributed by atoms with van der Waals surface area (Å²) in [6.07, 6.45) is 4.55. The van der Waals surface area contributed by atoms with E-state index in [0.717, 1.165) is 29.8 Å². The van der Waals surface area contributed by atoms with Crippen LogP contribution in [-0.4, -0.2) is 25.7 Å². The number of nitrogens with one attached hydrogen (secondary N) is 1. The van der Waals surface area contributed by atoms with Gasteiger partial charge in [-0.05, 0) is 48.2 Å². The van der Waals surface area contributed by atoms with Crippen molar-refractivity contribution in [2.24, 2.45) is 0 Å². The Morgan fingerprint density at radius 1 is 1.19 bits per heavy atom. The van der Waals surface area contributed by atoms with Gasteiger partial charge >= 0.3 is 0 Å². The summed E-state index contributed by atoms with van der Waals surface area (Å²) in [5, 5.41) is 4.24. The Morgan fingerprint density at radius 3 is 2.62 bits per heavy atom. The first-order valence-electron chi connectivity index (χ1n) is 6.62. The predicted molar refractivity (Wildman–Crippen MR) is 83.6 cm³/mol. The number of sulfone groups is 1. The molecule has 1 aromatic heterocycles. The highest BCUT2D eigenvalue weighted by Gasteiger charge is 2.21. The van der Waals surface area contributed by atoms with Crippen LogP contribution in [0.3, 0.4) is 0 Å². The van der Waals surface area contributed by atoms with Crippen LogP contribution in [0.2, 0.25) is 5.02 Å². The zero-order valence-electron chi connectivity index (χ0n) is 11.5. The molecule has 1 unspecified atom stereocenters. The van der Waals surface area contributed by atoms with E-state index >= 15 is 0 Å². The minimum atomic E-state index is -3.25. The number of fused-ring (bicyclic) bond motifs is 1. The Hall–Kier alpha value is -1.59. The van der Waals surface area contributed by atoms with E-state index in [0.29, 0.717) is 0 Å². The molecule has 1 aliphatic carbocycles. The first-order valence-corrected chi connectivity index (χ1v) is 8.89. The summed E-state index contributed by atoms with van der Waals surface area (Å²) >= 11 is 6.00. The van der Waals surface area contributed by atoms with E-state index in [9.17, 15) is 8.42 Å². The van der Waals surface area contributed by atoms with Crippen molar-refractivity contribution in [2.45, 2.75) is 23.9 Å². The third-order valence-electron chi connectivity index (χ3n) is 3.59. The molecule has 0 saturated carbocycles. The minimum Gasteiger partial charge on any atom is -0.380 e. The lowest BCUT2D eigenvalue weighted by molar-refractivity contribution is 0.598. The van der Waals surface area contributed by atoms with Gasteiger partial charge < -0.3 is 5.32 Å². The summed E-state index contributed by atoms with van der Waals surface area (Å²) < 4.78 is 22.7. The summed E-state index contributed by atoms with van der Waals surface area (Å²) in [6.45, 7) is 0. The van der Waals surface area contributed by atoms with Gasteiger partial charge in [0.05, 0.1) is 11.9 Å². The highest BCUT2D eigenvalue weighted by atomic mass is 35.5. The van der Waals surface area contributed by atoms with Crippen molar-refractivity contribution in [3.63, 3.8) is 0 Å². The standard InChI is InChI=1S/C15H15ClN2O2S/c1-21(19,20)15-5-4-13(9-17-15)18-14-7-10-2-3-12(16)6-11(10)8-14/h2-6,9,14,18H,7-8H2,1H3. The van der Waals surface area contributed by atoms with Crippen LogP contribution in [0.1, 0.15) is 11.1 Å². The zero-order chi connectivity index (χ0) is 15.0. The van der Waals surface area contributed by atoms with Gasteiger partial charge in [0.2, 0.25) is 0 Å². The van der Waals surface area contributed by atoms with E-state index in [1.807, 2.05) is 12.1 Å². The molecule has 0 fully saturated rings. The maximum absolute atomic E-state index is 11.4. The third kappa shape index (κ3) is 3.19. The molecule has 1 aromatic carbocycles. The largest absolute Gasteiger partial charge is 0.380 e. The molecule has 4 nitrogen and oxygen atoms in total. The maximum atomic E-state index is 11.4. The number of nitrogens with zero attached hydrogens (tertiary/aromatic N) is 1. The fourth-order valence-electron chi connectivity index (χ4n) is 2.61. The normalized spacial score (nSPS) is 17.5. The lowest BCUT2D eigenvalue weighted by Gasteiger charge is -2.13. The molecule has 0 radical (unpaired) electrons. The van der Waals surface area contributed by atoms with Crippen LogP contribution in [0.15, 0.2) is 41.6 Å². The van der Waals surface area contributed by atoms with Gasteiger partial charge in [-0.3, -0.25) is 0 Å². The number of hydrogen-bond donors (Lipinski definition) is 1. The van der Waals surface area contributed by atoms with Crippen LogP contribution in [0.25, 0.3) is 0 Å². The molecule has 1 atom stereocenters. The predicted octanol–water partition coefficient (Wildman–Crippen LogP) is 2.72. The molecule has 6 heteroatoms. The maximum Gasteiger partial charge on any atom is 0.192 e. The molecule has 2 aromatic rings. The highest BCUT2D eigenvalue weighted by molar-refractivity contribution is 7.90. The fraction of sp³-hybridized carbons (Fsp3) is 0.267. The monoisotopic (exact) mass is 322 g/mol. The molecule has 0 spiro atoms. The second-order valence-electron chi connectivity index (χ2n) is 5.32. The molecule has 1 N–H and O–H groups in total. The number of hydrogen-bond acceptors (Lipinski definition) is 4. The van der Waals surface area contributed by atoms with Crippen molar-refractivity contribution in [1.82, 2.24) is 4.98 Å². The first kappa shape index (κ1) is 14.4. The van der Waals surface area contributed by atoms with Crippen LogP contribution in [0.5, 0.6) is 0 Å². The summed E-state index contributed by atoms with van der Waals surface area (Å²) in [5.41, 5.74) is 3.39. The third-order valence-corrected chi connectivity index (χ3v) is 4.82. The Bertz CT molecular complexity index is 773. The highest BCUT2D eigenvalue weighted by Crippen LogP contribution is 2.27. The van der Waals surface area contributed by atoms with Gasteiger partial charge in [-0.15, -0.1) is 0 Å². The molecule has 0 aliphatic heterocycles. The van der Waals surface area contributed by atoms with E-state index < -0.39 is 9.84 Å². The average molecular weight is 323 g/mol. The SMILES string of the molecule is CS(=O)(=O)c1ccc(NC2Cc3ccc(Cl)cc3C2)cn1. The second-order valence-corrected chi connectivity index (χ2v) is 7.72. The lowest BCUT2D eigenvalue weighted by Crippen LogP contribution is -2.19. The van der Waals surface area contributed by atoms with Crippen LogP contribution in [-0.2, 0) is 22.7 Å². The molecule has 0 amide bonds. The number of pyridine rings is 1. The van der Waals surface area contributed by atoms with Crippen LogP contribution < -0.4 is 5.32 Å². The summed E-state index contributed by atoms with van der Waals surface area (Å²) in [6, 6.07) is 9.53. The van der Waals surface area contributed by atoms with Gasteiger partial charge in [0.25, 0.3) is 0 Å². The van der Waals surface area contributed by atoms with Gasteiger partial charge in [-0.25, -0.2) is 13.4 Å². The smallest absolute Gasteiger partial charge is 0.192 e. The van der Waals surface area contributed by atoms with Crippen LogP contribution in [0, 0.1) is 0 Å². The van der Waals surface area contributed by atoms with Crippen LogP contribution >= 0.6 is 11.6 Å². The summed E-state index contributed by atoms with van der Waals surface area (Å²) in [4.78, 5) is 3.98. The average Bonchev–Trinajstić information content (AvgIpc) is 2.79. The molecule has 0 bridgehead atoms. The van der Waals surface area contributed by atoms with Gasteiger partial charge in [0.1, 0.15) is 0 Å². The number of halogens is 1. The molecule has 21 heavy (non-hydrogen) atoms. The Balaban J connectivity index is 1.72. The van der Waals surface area contributed by atoms with Gasteiger partial charge in [-0.1, -0.05) is 17.7 Å². The molecule has 0 saturated heterocycles. The van der Waals surface area contributed by atoms with Crippen molar-refractivity contribution in [3.05, 3.63) is 52.7 Å². The van der Waals surface area contributed by atoms with E-state index in [1.165, 1.54) is 17.2 Å².